The van der Waals surface area contributed by atoms with Crippen LogP contribution in [0.1, 0.15) is 34.8 Å². The SMILES string of the molecule is O=C(c1ccc(Br)cc1)N1CCC[C@H]1c1ccsc1. The minimum atomic E-state index is 0.140. The van der Waals surface area contributed by atoms with Gasteiger partial charge in [0.2, 0.25) is 0 Å². The Morgan fingerprint density at radius 3 is 2.74 bits per heavy atom. The molecule has 1 aliphatic rings. The van der Waals surface area contributed by atoms with Gasteiger partial charge in [-0.3, -0.25) is 4.79 Å². The fourth-order valence-corrected chi connectivity index (χ4v) is 3.55. The summed E-state index contributed by atoms with van der Waals surface area (Å²) in [5.41, 5.74) is 2.04. The van der Waals surface area contributed by atoms with E-state index in [0.29, 0.717) is 0 Å². The van der Waals surface area contributed by atoms with Crippen molar-refractivity contribution in [2.24, 2.45) is 0 Å². The predicted octanol–water partition coefficient (Wildman–Crippen LogP) is 4.49. The van der Waals surface area contributed by atoms with E-state index < -0.39 is 0 Å². The summed E-state index contributed by atoms with van der Waals surface area (Å²) >= 11 is 5.09. The quantitative estimate of drug-likeness (QED) is 0.791. The predicted molar refractivity (Wildman–Crippen MR) is 81.5 cm³/mol. The molecule has 0 radical (unpaired) electrons. The lowest BCUT2D eigenvalue weighted by Crippen LogP contribution is -2.30. The number of benzene rings is 1. The van der Waals surface area contributed by atoms with E-state index in [9.17, 15) is 4.79 Å². The smallest absolute Gasteiger partial charge is 0.254 e. The first-order valence-corrected chi connectivity index (χ1v) is 8.08. The van der Waals surface area contributed by atoms with Crippen molar-refractivity contribution < 1.29 is 4.79 Å². The Kier molecular flexibility index (Phi) is 3.71. The number of halogens is 1. The summed E-state index contributed by atoms with van der Waals surface area (Å²) in [5, 5.41) is 4.23. The fourth-order valence-electron chi connectivity index (χ4n) is 2.58. The lowest BCUT2D eigenvalue weighted by Gasteiger charge is -2.24. The second kappa shape index (κ2) is 5.47. The molecule has 0 unspecified atom stereocenters. The van der Waals surface area contributed by atoms with Crippen LogP contribution in [0.3, 0.4) is 0 Å². The van der Waals surface area contributed by atoms with Crippen LogP contribution < -0.4 is 0 Å². The van der Waals surface area contributed by atoms with Crippen molar-refractivity contribution >= 4 is 33.2 Å². The first kappa shape index (κ1) is 12.9. The minimum absolute atomic E-state index is 0.140. The van der Waals surface area contributed by atoms with Gasteiger partial charge >= 0.3 is 0 Å². The molecule has 1 saturated heterocycles. The Morgan fingerprint density at radius 2 is 2.05 bits per heavy atom. The zero-order valence-electron chi connectivity index (χ0n) is 10.4. The second-order valence-electron chi connectivity index (χ2n) is 4.72. The molecule has 0 bridgehead atoms. The van der Waals surface area contributed by atoms with Gasteiger partial charge in [-0.15, -0.1) is 0 Å². The van der Waals surface area contributed by atoms with E-state index in [1.165, 1.54) is 5.56 Å². The Morgan fingerprint density at radius 1 is 1.26 bits per heavy atom. The van der Waals surface area contributed by atoms with Crippen LogP contribution >= 0.6 is 27.3 Å². The van der Waals surface area contributed by atoms with Crippen molar-refractivity contribution in [2.45, 2.75) is 18.9 Å². The van der Waals surface area contributed by atoms with Gasteiger partial charge in [-0.2, -0.15) is 11.3 Å². The number of hydrogen-bond donors (Lipinski definition) is 0. The van der Waals surface area contributed by atoms with E-state index in [4.69, 9.17) is 0 Å². The highest BCUT2D eigenvalue weighted by molar-refractivity contribution is 9.10. The average Bonchev–Trinajstić information content (AvgIpc) is 3.09. The fraction of sp³-hybridized carbons (Fsp3) is 0.267. The van der Waals surface area contributed by atoms with E-state index in [1.807, 2.05) is 29.2 Å². The molecule has 4 heteroatoms. The van der Waals surface area contributed by atoms with E-state index in [2.05, 4.69) is 32.8 Å². The lowest BCUT2D eigenvalue weighted by molar-refractivity contribution is 0.0736. The van der Waals surface area contributed by atoms with E-state index >= 15 is 0 Å². The van der Waals surface area contributed by atoms with Gasteiger partial charge in [0, 0.05) is 16.6 Å². The Bertz CT molecular complexity index is 564. The van der Waals surface area contributed by atoms with Gasteiger partial charge in [-0.1, -0.05) is 15.9 Å². The molecule has 1 amide bonds. The normalized spacial score (nSPS) is 18.8. The summed E-state index contributed by atoms with van der Waals surface area (Å²) in [4.78, 5) is 14.6. The van der Waals surface area contributed by atoms with Gasteiger partial charge in [-0.25, -0.2) is 0 Å². The summed E-state index contributed by atoms with van der Waals surface area (Å²) in [7, 11) is 0. The van der Waals surface area contributed by atoms with Crippen LogP contribution in [-0.2, 0) is 0 Å². The highest BCUT2D eigenvalue weighted by atomic mass is 79.9. The van der Waals surface area contributed by atoms with Crippen molar-refractivity contribution in [3.8, 4) is 0 Å². The number of carbonyl (C=O) groups is 1. The molecule has 1 atom stereocenters. The highest BCUT2D eigenvalue weighted by Gasteiger charge is 2.30. The van der Waals surface area contributed by atoms with Gasteiger partial charge in [0.25, 0.3) is 5.91 Å². The molecule has 1 aliphatic heterocycles. The number of nitrogens with zero attached hydrogens (tertiary/aromatic N) is 1. The average molecular weight is 336 g/mol. The molecule has 2 aromatic rings. The molecule has 1 aromatic carbocycles. The molecular formula is C15H14BrNOS. The van der Waals surface area contributed by atoms with Gasteiger partial charge in [0.1, 0.15) is 0 Å². The molecule has 1 fully saturated rings. The minimum Gasteiger partial charge on any atom is -0.332 e. The third-order valence-electron chi connectivity index (χ3n) is 3.53. The van der Waals surface area contributed by atoms with Crippen LogP contribution in [0.4, 0.5) is 0 Å². The number of likely N-dealkylation sites (tertiary alicyclic amines) is 1. The Balaban J connectivity index is 1.84. The monoisotopic (exact) mass is 335 g/mol. The summed E-state index contributed by atoms with van der Waals surface area (Å²) in [6.45, 7) is 0.857. The third kappa shape index (κ3) is 2.60. The van der Waals surface area contributed by atoms with Crippen LogP contribution in [0.15, 0.2) is 45.6 Å². The molecule has 0 aliphatic carbocycles. The molecule has 2 heterocycles. The van der Waals surface area contributed by atoms with Crippen molar-refractivity contribution in [2.75, 3.05) is 6.54 Å². The summed E-state index contributed by atoms with van der Waals surface area (Å²) in [6.07, 6.45) is 2.15. The summed E-state index contributed by atoms with van der Waals surface area (Å²) < 4.78 is 1.000. The maximum atomic E-state index is 12.6. The first-order valence-electron chi connectivity index (χ1n) is 6.34. The number of rotatable bonds is 2. The maximum absolute atomic E-state index is 12.6. The second-order valence-corrected chi connectivity index (χ2v) is 6.42. The standard InChI is InChI=1S/C15H14BrNOS/c16-13-5-3-11(4-6-13)15(18)17-8-1-2-14(17)12-7-9-19-10-12/h3-7,9-10,14H,1-2,8H2/t14-/m0/s1. The lowest BCUT2D eigenvalue weighted by atomic mass is 10.1. The van der Waals surface area contributed by atoms with E-state index in [-0.39, 0.29) is 11.9 Å². The van der Waals surface area contributed by atoms with Gasteiger partial charge in [0.05, 0.1) is 6.04 Å². The van der Waals surface area contributed by atoms with Crippen molar-refractivity contribution in [3.63, 3.8) is 0 Å². The third-order valence-corrected chi connectivity index (χ3v) is 4.76. The number of carbonyl (C=O) groups excluding carboxylic acids is 1. The Labute approximate surface area is 125 Å². The van der Waals surface area contributed by atoms with Crippen LogP contribution in [-0.4, -0.2) is 17.4 Å². The molecule has 98 valence electrons. The molecule has 0 spiro atoms. The first-order chi connectivity index (χ1) is 9.25. The summed E-state index contributed by atoms with van der Waals surface area (Å²) in [6, 6.07) is 9.99. The molecular weight excluding hydrogens is 322 g/mol. The molecule has 1 aromatic heterocycles. The number of thiophene rings is 1. The van der Waals surface area contributed by atoms with Crippen LogP contribution in [0, 0.1) is 0 Å². The summed E-state index contributed by atoms with van der Waals surface area (Å²) in [5.74, 6) is 0.140. The topological polar surface area (TPSA) is 20.3 Å². The zero-order valence-corrected chi connectivity index (χ0v) is 12.8. The molecule has 2 nitrogen and oxygen atoms in total. The molecule has 0 saturated carbocycles. The van der Waals surface area contributed by atoms with Crippen LogP contribution in [0.25, 0.3) is 0 Å². The Hall–Kier alpha value is -1.13. The molecule has 0 N–H and O–H groups in total. The highest BCUT2D eigenvalue weighted by Crippen LogP contribution is 2.34. The number of amides is 1. The van der Waals surface area contributed by atoms with Crippen LogP contribution in [0.2, 0.25) is 0 Å². The number of hydrogen-bond acceptors (Lipinski definition) is 2. The van der Waals surface area contributed by atoms with Crippen molar-refractivity contribution in [3.05, 3.63) is 56.7 Å². The van der Waals surface area contributed by atoms with E-state index in [1.54, 1.807) is 11.3 Å². The van der Waals surface area contributed by atoms with E-state index in [0.717, 1.165) is 29.4 Å². The molecule has 19 heavy (non-hydrogen) atoms. The maximum Gasteiger partial charge on any atom is 0.254 e. The van der Waals surface area contributed by atoms with Gasteiger partial charge in [0.15, 0.2) is 0 Å². The molecule has 3 rings (SSSR count). The largest absolute Gasteiger partial charge is 0.332 e. The zero-order chi connectivity index (χ0) is 13.2. The van der Waals surface area contributed by atoms with Crippen LogP contribution in [0.5, 0.6) is 0 Å². The van der Waals surface area contributed by atoms with Gasteiger partial charge < -0.3 is 4.90 Å². The van der Waals surface area contributed by atoms with Crippen molar-refractivity contribution in [1.82, 2.24) is 4.90 Å². The van der Waals surface area contributed by atoms with Crippen molar-refractivity contribution in [1.29, 1.82) is 0 Å². The van der Waals surface area contributed by atoms with Gasteiger partial charge in [-0.05, 0) is 59.5 Å².